The van der Waals surface area contributed by atoms with Crippen molar-refractivity contribution >= 4 is 28.4 Å². The van der Waals surface area contributed by atoms with Crippen molar-refractivity contribution in [3.05, 3.63) is 27.1 Å². The topological polar surface area (TPSA) is 37.3 Å². The van der Waals surface area contributed by atoms with Gasteiger partial charge in [0, 0.05) is 9.64 Å². The lowest BCUT2D eigenvalue weighted by Gasteiger charge is -2.01. The number of aromatic hydroxyl groups is 1. The fourth-order valence-electron chi connectivity index (χ4n) is 0.818. The zero-order valence-electron chi connectivity index (χ0n) is 6.27. The van der Waals surface area contributed by atoms with Crippen molar-refractivity contribution < 1.29 is 14.3 Å². The van der Waals surface area contributed by atoms with Crippen LogP contribution >= 0.6 is 22.6 Å². The molecule has 0 aliphatic carbocycles. The van der Waals surface area contributed by atoms with Gasteiger partial charge >= 0.3 is 0 Å². The number of benzene rings is 1. The summed E-state index contributed by atoms with van der Waals surface area (Å²) >= 11 is 1.76. The summed E-state index contributed by atoms with van der Waals surface area (Å²) in [5.41, 5.74) is 0.154. The highest BCUT2D eigenvalue weighted by Crippen LogP contribution is 2.22. The van der Waals surface area contributed by atoms with Gasteiger partial charge in [-0.1, -0.05) is 0 Å². The van der Waals surface area contributed by atoms with E-state index in [4.69, 9.17) is 5.11 Å². The van der Waals surface area contributed by atoms with Gasteiger partial charge in [0.25, 0.3) is 0 Å². The summed E-state index contributed by atoms with van der Waals surface area (Å²) in [5, 5.41) is 9.12. The van der Waals surface area contributed by atoms with Gasteiger partial charge in [-0.3, -0.25) is 4.79 Å². The first kappa shape index (κ1) is 9.44. The Bertz CT molecular complexity index is 336. The molecular weight excluding hydrogens is 274 g/mol. The lowest BCUT2D eigenvalue weighted by Crippen LogP contribution is -1.95. The number of rotatable bonds is 1. The maximum atomic E-state index is 12.7. The molecule has 0 atom stereocenters. The fraction of sp³-hybridized carbons (Fsp3) is 0.125. The van der Waals surface area contributed by atoms with Crippen LogP contribution in [-0.4, -0.2) is 10.9 Å². The Morgan fingerprint density at radius 1 is 1.58 bits per heavy atom. The Morgan fingerprint density at radius 2 is 2.17 bits per heavy atom. The van der Waals surface area contributed by atoms with Gasteiger partial charge in [0.2, 0.25) is 0 Å². The first-order chi connectivity index (χ1) is 5.52. The number of carbonyl (C=O) groups is 1. The van der Waals surface area contributed by atoms with Crippen molar-refractivity contribution in [2.45, 2.75) is 6.92 Å². The van der Waals surface area contributed by atoms with Crippen LogP contribution in [0.4, 0.5) is 4.39 Å². The second-order valence-corrected chi connectivity index (χ2v) is 3.50. The lowest BCUT2D eigenvalue weighted by molar-refractivity contribution is 0.101. The van der Waals surface area contributed by atoms with Crippen LogP contribution in [0.3, 0.4) is 0 Å². The number of halogens is 2. The minimum atomic E-state index is -0.516. The number of ketones is 1. The summed E-state index contributed by atoms with van der Waals surface area (Å²) in [6.07, 6.45) is 0. The average molecular weight is 280 g/mol. The molecule has 12 heavy (non-hydrogen) atoms. The van der Waals surface area contributed by atoms with Gasteiger partial charge in [-0.15, -0.1) is 0 Å². The van der Waals surface area contributed by atoms with E-state index in [0.29, 0.717) is 3.57 Å². The van der Waals surface area contributed by atoms with E-state index >= 15 is 0 Å². The number of Topliss-reactive ketones (excluding diaryl/α,β-unsaturated/α-hetero) is 1. The highest BCUT2D eigenvalue weighted by molar-refractivity contribution is 14.1. The molecule has 0 saturated heterocycles. The van der Waals surface area contributed by atoms with Crippen molar-refractivity contribution in [1.29, 1.82) is 0 Å². The highest BCUT2D eigenvalue weighted by atomic mass is 127. The third-order valence-electron chi connectivity index (χ3n) is 1.42. The van der Waals surface area contributed by atoms with Crippen LogP contribution in [0.15, 0.2) is 12.1 Å². The molecule has 0 radical (unpaired) electrons. The molecule has 1 aromatic rings. The molecule has 0 saturated carbocycles. The smallest absolute Gasteiger partial charge is 0.163 e. The van der Waals surface area contributed by atoms with Crippen LogP contribution in [0.25, 0.3) is 0 Å². The molecule has 0 aliphatic heterocycles. The molecule has 0 aromatic heterocycles. The Kier molecular flexibility index (Phi) is 2.66. The molecule has 2 nitrogen and oxygen atoms in total. The zero-order valence-corrected chi connectivity index (χ0v) is 8.42. The summed E-state index contributed by atoms with van der Waals surface area (Å²) in [5.74, 6) is -1.09. The van der Waals surface area contributed by atoms with Gasteiger partial charge in [0.15, 0.2) is 5.78 Å². The Morgan fingerprint density at radius 3 is 2.67 bits per heavy atom. The number of hydrogen-bond acceptors (Lipinski definition) is 2. The number of hydrogen-bond donors (Lipinski definition) is 1. The third-order valence-corrected chi connectivity index (χ3v) is 2.24. The van der Waals surface area contributed by atoms with Crippen molar-refractivity contribution in [1.82, 2.24) is 0 Å². The molecule has 64 valence electrons. The Labute approximate surface area is 82.5 Å². The first-order valence-corrected chi connectivity index (χ1v) is 4.29. The Hall–Kier alpha value is -0.650. The highest BCUT2D eigenvalue weighted by Gasteiger charge is 2.10. The minimum absolute atomic E-state index is 0.154. The molecule has 1 N–H and O–H groups in total. The Balaban J connectivity index is 3.33. The average Bonchev–Trinajstić information content (AvgIpc) is 1.96. The summed E-state index contributed by atoms with van der Waals surface area (Å²) in [4.78, 5) is 10.8. The van der Waals surface area contributed by atoms with Gasteiger partial charge in [0.1, 0.15) is 11.6 Å². The van der Waals surface area contributed by atoms with E-state index in [-0.39, 0.29) is 17.1 Å². The van der Waals surface area contributed by atoms with Crippen LogP contribution in [0.5, 0.6) is 5.75 Å². The molecule has 0 bridgehead atoms. The van der Waals surface area contributed by atoms with E-state index in [1.54, 1.807) is 22.6 Å². The molecule has 0 heterocycles. The number of carbonyl (C=O) groups excluding carboxylic acids is 1. The first-order valence-electron chi connectivity index (χ1n) is 3.21. The maximum absolute atomic E-state index is 12.7. The van der Waals surface area contributed by atoms with Gasteiger partial charge in [-0.25, -0.2) is 4.39 Å². The molecule has 0 unspecified atom stereocenters. The van der Waals surface area contributed by atoms with Crippen LogP contribution in [0, 0.1) is 9.39 Å². The molecule has 0 spiro atoms. The van der Waals surface area contributed by atoms with E-state index in [1.807, 2.05) is 0 Å². The van der Waals surface area contributed by atoms with Crippen LogP contribution < -0.4 is 0 Å². The van der Waals surface area contributed by atoms with E-state index in [1.165, 1.54) is 13.0 Å². The quantitative estimate of drug-likeness (QED) is 0.633. The second-order valence-electron chi connectivity index (χ2n) is 2.34. The molecule has 1 rings (SSSR count). The predicted molar refractivity (Wildman–Crippen MR) is 50.8 cm³/mol. The van der Waals surface area contributed by atoms with Crippen molar-refractivity contribution in [3.8, 4) is 5.75 Å². The third kappa shape index (κ3) is 1.74. The van der Waals surface area contributed by atoms with E-state index in [0.717, 1.165) is 6.07 Å². The van der Waals surface area contributed by atoms with E-state index < -0.39 is 5.82 Å². The fourth-order valence-corrected chi connectivity index (χ4v) is 1.29. The van der Waals surface area contributed by atoms with E-state index in [9.17, 15) is 9.18 Å². The predicted octanol–water partition coefficient (Wildman–Crippen LogP) is 2.34. The van der Waals surface area contributed by atoms with E-state index in [2.05, 4.69) is 0 Å². The van der Waals surface area contributed by atoms with Crippen LogP contribution in [0.2, 0.25) is 0 Å². The normalized spacial score (nSPS) is 9.92. The second kappa shape index (κ2) is 3.38. The lowest BCUT2D eigenvalue weighted by atomic mass is 10.1. The zero-order chi connectivity index (χ0) is 9.30. The van der Waals surface area contributed by atoms with Crippen LogP contribution in [-0.2, 0) is 0 Å². The van der Waals surface area contributed by atoms with Crippen LogP contribution in [0.1, 0.15) is 17.3 Å². The summed E-state index contributed by atoms with van der Waals surface area (Å²) in [6, 6.07) is 2.27. The monoisotopic (exact) mass is 280 g/mol. The minimum Gasteiger partial charge on any atom is -0.507 e. The van der Waals surface area contributed by atoms with Crippen molar-refractivity contribution in [2.24, 2.45) is 0 Å². The SMILES string of the molecule is CC(=O)c1cc(I)c(F)cc1O. The number of phenols is 1. The van der Waals surface area contributed by atoms with Gasteiger partial charge < -0.3 is 5.11 Å². The van der Waals surface area contributed by atoms with Gasteiger partial charge in [0.05, 0.1) is 5.56 Å². The van der Waals surface area contributed by atoms with Crippen molar-refractivity contribution in [2.75, 3.05) is 0 Å². The molecule has 1 aromatic carbocycles. The summed E-state index contributed by atoms with van der Waals surface area (Å²) in [6.45, 7) is 1.32. The number of phenolic OH excluding ortho intramolecular Hbond substituents is 1. The summed E-state index contributed by atoms with van der Waals surface area (Å²) < 4.78 is 13.1. The molecule has 4 heteroatoms. The van der Waals surface area contributed by atoms with Gasteiger partial charge in [-0.05, 0) is 35.6 Å². The standard InChI is InChI=1S/C8H6FIO2/c1-4(11)5-2-7(10)6(9)3-8(5)12/h2-3,12H,1H3. The largest absolute Gasteiger partial charge is 0.507 e. The molecule has 0 aliphatic rings. The summed E-state index contributed by atoms with van der Waals surface area (Å²) in [7, 11) is 0. The molecule has 0 fully saturated rings. The van der Waals surface area contributed by atoms with Gasteiger partial charge in [-0.2, -0.15) is 0 Å². The maximum Gasteiger partial charge on any atom is 0.163 e. The molecule has 0 amide bonds. The van der Waals surface area contributed by atoms with Crippen molar-refractivity contribution in [3.63, 3.8) is 0 Å². The molecular formula is C8H6FIO2.